The van der Waals surface area contributed by atoms with Crippen LogP contribution < -0.4 is 5.32 Å². The quantitative estimate of drug-likeness (QED) is 0.641. The second-order valence-corrected chi connectivity index (χ2v) is 4.92. The molecule has 0 radical (unpaired) electrons. The van der Waals surface area contributed by atoms with E-state index in [0.29, 0.717) is 30.5 Å². The Labute approximate surface area is 118 Å². The summed E-state index contributed by atoms with van der Waals surface area (Å²) in [5, 5.41) is 22.0. The Morgan fingerprint density at radius 3 is 2.70 bits per heavy atom. The second-order valence-electron chi connectivity index (χ2n) is 4.92. The van der Waals surface area contributed by atoms with Crippen LogP contribution in [-0.2, 0) is 4.79 Å². The monoisotopic (exact) mass is 283 g/mol. The minimum absolute atomic E-state index is 0.106. The van der Waals surface area contributed by atoms with Crippen LogP contribution in [0.4, 0.5) is 4.39 Å². The number of rotatable bonds is 8. The number of aliphatic hydroxyl groups is 1. The average Bonchev–Trinajstić information content (AvgIpc) is 2.41. The molecule has 0 saturated carbocycles. The number of carbonyl (C=O) groups is 1. The van der Waals surface area contributed by atoms with Gasteiger partial charge in [0.2, 0.25) is 0 Å². The van der Waals surface area contributed by atoms with Crippen molar-refractivity contribution in [1.82, 2.24) is 5.32 Å². The number of nitrogens with one attached hydrogen (secondary N) is 1. The molecule has 0 bridgehead atoms. The molecule has 0 heterocycles. The number of hydrogen-bond acceptors (Lipinski definition) is 3. The molecule has 4 nitrogen and oxygen atoms in total. The molecule has 0 spiro atoms. The summed E-state index contributed by atoms with van der Waals surface area (Å²) in [5.74, 6) is -1.11. The highest BCUT2D eigenvalue weighted by molar-refractivity contribution is 5.66. The molecule has 1 rings (SSSR count). The summed E-state index contributed by atoms with van der Waals surface area (Å²) in [6.07, 6.45) is 0.588. The van der Waals surface area contributed by atoms with Gasteiger partial charge in [-0.1, -0.05) is 19.1 Å². The van der Waals surface area contributed by atoms with E-state index in [-0.39, 0.29) is 18.3 Å². The molecular weight excluding hydrogens is 261 g/mol. The lowest BCUT2D eigenvalue weighted by atomic mass is 9.98. The van der Waals surface area contributed by atoms with Gasteiger partial charge in [-0.3, -0.25) is 4.79 Å². The van der Waals surface area contributed by atoms with Crippen molar-refractivity contribution in [3.05, 3.63) is 35.1 Å². The summed E-state index contributed by atoms with van der Waals surface area (Å²) in [5.41, 5.74) is 1.17. The van der Waals surface area contributed by atoms with E-state index in [1.807, 2.05) is 6.92 Å². The molecule has 20 heavy (non-hydrogen) atoms. The van der Waals surface area contributed by atoms with Crippen LogP contribution in [0.25, 0.3) is 0 Å². The number of carboxylic acid groups (broad SMARTS) is 1. The van der Waals surface area contributed by atoms with Crippen molar-refractivity contribution in [2.75, 3.05) is 6.54 Å². The number of carboxylic acids is 1. The van der Waals surface area contributed by atoms with E-state index in [9.17, 15) is 14.3 Å². The minimum Gasteiger partial charge on any atom is -0.481 e. The van der Waals surface area contributed by atoms with Crippen molar-refractivity contribution in [3.63, 3.8) is 0 Å². The van der Waals surface area contributed by atoms with Crippen molar-refractivity contribution < 1.29 is 19.4 Å². The first-order valence-corrected chi connectivity index (χ1v) is 6.85. The SMILES string of the molecule is CCC(NCCCC(=O)O)C(O)c1ccc(F)c(C)c1. The molecule has 0 saturated heterocycles. The first-order chi connectivity index (χ1) is 9.45. The van der Waals surface area contributed by atoms with E-state index >= 15 is 0 Å². The van der Waals surface area contributed by atoms with Crippen molar-refractivity contribution in [3.8, 4) is 0 Å². The Balaban J connectivity index is 2.59. The summed E-state index contributed by atoms with van der Waals surface area (Å²) < 4.78 is 13.2. The Hall–Kier alpha value is -1.46. The van der Waals surface area contributed by atoms with Crippen LogP contribution in [0, 0.1) is 12.7 Å². The molecule has 0 aliphatic heterocycles. The van der Waals surface area contributed by atoms with Gasteiger partial charge < -0.3 is 15.5 Å². The van der Waals surface area contributed by atoms with Crippen LogP contribution in [0.15, 0.2) is 18.2 Å². The molecule has 1 aromatic carbocycles. The number of hydrogen-bond donors (Lipinski definition) is 3. The van der Waals surface area contributed by atoms with E-state index < -0.39 is 12.1 Å². The van der Waals surface area contributed by atoms with E-state index in [2.05, 4.69) is 5.32 Å². The highest BCUT2D eigenvalue weighted by Gasteiger charge is 2.19. The van der Waals surface area contributed by atoms with Gasteiger partial charge in [0.1, 0.15) is 5.82 Å². The van der Waals surface area contributed by atoms with Gasteiger partial charge in [-0.05, 0) is 43.5 Å². The number of benzene rings is 1. The second kappa shape index (κ2) is 7.97. The Morgan fingerprint density at radius 2 is 2.15 bits per heavy atom. The van der Waals surface area contributed by atoms with Crippen molar-refractivity contribution in [1.29, 1.82) is 0 Å². The molecule has 0 fully saturated rings. The largest absolute Gasteiger partial charge is 0.481 e. The van der Waals surface area contributed by atoms with Crippen molar-refractivity contribution >= 4 is 5.97 Å². The molecule has 0 aliphatic rings. The zero-order valence-corrected chi connectivity index (χ0v) is 11.9. The minimum atomic E-state index is -0.824. The maximum absolute atomic E-state index is 13.2. The average molecular weight is 283 g/mol. The fourth-order valence-electron chi connectivity index (χ4n) is 2.09. The molecule has 1 aromatic rings. The van der Waals surface area contributed by atoms with Crippen molar-refractivity contribution in [2.24, 2.45) is 0 Å². The maximum atomic E-state index is 13.2. The zero-order valence-electron chi connectivity index (χ0n) is 11.9. The number of halogens is 1. The summed E-state index contributed by atoms with van der Waals surface area (Å²) in [7, 11) is 0. The normalized spacial score (nSPS) is 14.0. The Kier molecular flexibility index (Phi) is 6.61. The lowest BCUT2D eigenvalue weighted by molar-refractivity contribution is -0.137. The van der Waals surface area contributed by atoms with Crippen LogP contribution >= 0.6 is 0 Å². The predicted octanol–water partition coefficient (Wildman–Crippen LogP) is 2.40. The fraction of sp³-hybridized carbons (Fsp3) is 0.533. The molecule has 3 N–H and O–H groups in total. The van der Waals surface area contributed by atoms with Crippen molar-refractivity contribution in [2.45, 2.75) is 45.3 Å². The predicted molar refractivity (Wildman–Crippen MR) is 75.0 cm³/mol. The van der Waals surface area contributed by atoms with Crippen LogP contribution in [0.5, 0.6) is 0 Å². The summed E-state index contributed by atoms with van der Waals surface area (Å²) in [6.45, 7) is 4.13. The highest BCUT2D eigenvalue weighted by atomic mass is 19.1. The van der Waals surface area contributed by atoms with E-state index in [1.165, 1.54) is 6.07 Å². The first kappa shape index (κ1) is 16.6. The molecule has 0 aliphatic carbocycles. The lowest BCUT2D eigenvalue weighted by Gasteiger charge is -2.23. The topological polar surface area (TPSA) is 69.6 Å². The van der Waals surface area contributed by atoms with Crippen LogP contribution in [0.2, 0.25) is 0 Å². The first-order valence-electron chi connectivity index (χ1n) is 6.85. The smallest absolute Gasteiger partial charge is 0.303 e. The van der Waals surface area contributed by atoms with Crippen LogP contribution in [0.1, 0.15) is 43.4 Å². The third kappa shape index (κ3) is 4.90. The van der Waals surface area contributed by atoms with Gasteiger partial charge in [-0.2, -0.15) is 0 Å². The van der Waals surface area contributed by atoms with Gasteiger partial charge in [0.05, 0.1) is 6.10 Å². The maximum Gasteiger partial charge on any atom is 0.303 e. The lowest BCUT2D eigenvalue weighted by Crippen LogP contribution is -2.35. The zero-order chi connectivity index (χ0) is 15.1. The summed E-state index contributed by atoms with van der Waals surface area (Å²) in [4.78, 5) is 10.4. The summed E-state index contributed by atoms with van der Waals surface area (Å²) in [6, 6.07) is 4.40. The molecule has 2 unspecified atom stereocenters. The molecule has 0 aromatic heterocycles. The van der Waals surface area contributed by atoms with Gasteiger partial charge in [-0.25, -0.2) is 4.39 Å². The van der Waals surface area contributed by atoms with E-state index in [4.69, 9.17) is 5.11 Å². The third-order valence-corrected chi connectivity index (χ3v) is 3.32. The number of aryl methyl sites for hydroxylation is 1. The Morgan fingerprint density at radius 1 is 1.45 bits per heavy atom. The number of aliphatic hydroxyl groups excluding tert-OH is 1. The van der Waals surface area contributed by atoms with E-state index in [0.717, 1.165) is 0 Å². The highest BCUT2D eigenvalue weighted by Crippen LogP contribution is 2.21. The third-order valence-electron chi connectivity index (χ3n) is 3.32. The van der Waals surface area contributed by atoms with Gasteiger partial charge in [0.25, 0.3) is 0 Å². The van der Waals surface area contributed by atoms with Gasteiger partial charge in [0.15, 0.2) is 0 Å². The molecule has 2 atom stereocenters. The molecule has 0 amide bonds. The molecular formula is C15H22FNO3. The van der Waals surface area contributed by atoms with Gasteiger partial charge in [-0.15, -0.1) is 0 Å². The van der Waals surface area contributed by atoms with Crippen LogP contribution in [-0.4, -0.2) is 28.8 Å². The molecule has 112 valence electrons. The fourth-order valence-corrected chi connectivity index (χ4v) is 2.09. The van der Waals surface area contributed by atoms with Crippen LogP contribution in [0.3, 0.4) is 0 Å². The van der Waals surface area contributed by atoms with Gasteiger partial charge in [0, 0.05) is 12.5 Å². The Bertz CT molecular complexity index is 451. The van der Waals surface area contributed by atoms with Gasteiger partial charge >= 0.3 is 5.97 Å². The summed E-state index contributed by atoms with van der Waals surface area (Å²) >= 11 is 0. The number of aliphatic carboxylic acids is 1. The molecule has 5 heteroatoms. The van der Waals surface area contributed by atoms with E-state index in [1.54, 1.807) is 19.1 Å². The standard InChI is InChI=1S/C15H22FNO3/c1-3-13(17-8-4-5-14(18)19)15(20)11-6-7-12(16)10(2)9-11/h6-7,9,13,15,17,20H,3-5,8H2,1-2H3,(H,18,19).